The van der Waals surface area contributed by atoms with Gasteiger partial charge in [-0.05, 0) is 55.3 Å². The number of hydrogen-bond acceptors (Lipinski definition) is 9. The zero-order valence-corrected chi connectivity index (χ0v) is 26.4. The monoisotopic (exact) mass is 643 g/mol. The predicted molar refractivity (Wildman–Crippen MR) is 177 cm³/mol. The van der Waals surface area contributed by atoms with Crippen LogP contribution in [0.2, 0.25) is 0 Å². The molecule has 0 aliphatic carbocycles. The number of rotatable bonds is 16. The molecule has 5 rings (SSSR count). The number of aliphatic hydroxyl groups is 1. The fourth-order valence-corrected chi connectivity index (χ4v) is 5.51. The Bertz CT molecular complexity index is 1650. The number of amides is 2. The fourth-order valence-electron chi connectivity index (χ4n) is 5.51. The van der Waals surface area contributed by atoms with Gasteiger partial charge in [0, 0.05) is 48.1 Å². The van der Waals surface area contributed by atoms with E-state index >= 15 is 0 Å². The number of allylic oxidation sites excluding steroid dienone is 1. The highest BCUT2D eigenvalue weighted by molar-refractivity contribution is 6.05. The Labute approximate surface area is 273 Å². The summed E-state index contributed by atoms with van der Waals surface area (Å²) in [5.74, 6) is -0.936. The van der Waals surface area contributed by atoms with Crippen molar-refractivity contribution in [3.8, 4) is 0 Å². The number of para-hydroxylation sites is 3. The quantitative estimate of drug-likeness (QED) is 0.0978. The first-order valence-corrected chi connectivity index (χ1v) is 15.7. The van der Waals surface area contributed by atoms with Crippen LogP contribution in [0.5, 0.6) is 0 Å². The normalized spacial score (nSPS) is 17.6. The molecule has 2 amide bonds. The summed E-state index contributed by atoms with van der Waals surface area (Å²) < 4.78 is 29.2. The zero-order chi connectivity index (χ0) is 33.0. The SMILES string of the molecule is CCO[C@@H]1OC(C(=O)NCc2ccc(C(=O)Nc3ccccc3N)cc2)=C[C@H](c2coc3ccccc23)[C@@H]1CCOCCOCCO. The van der Waals surface area contributed by atoms with Crippen molar-refractivity contribution in [3.05, 3.63) is 108 Å². The summed E-state index contributed by atoms with van der Waals surface area (Å²) >= 11 is 0. The minimum absolute atomic E-state index is 0.0332. The molecule has 0 unspecified atom stereocenters. The lowest BCUT2D eigenvalue weighted by molar-refractivity contribution is -0.168. The molecular formula is C36H41N3O8. The largest absolute Gasteiger partial charge is 0.464 e. The fraction of sp³-hybridized carbons (Fsp3) is 0.333. The van der Waals surface area contributed by atoms with Crippen molar-refractivity contribution >= 4 is 34.2 Å². The van der Waals surface area contributed by atoms with Crippen LogP contribution in [0, 0.1) is 5.92 Å². The van der Waals surface area contributed by atoms with E-state index in [1.807, 2.05) is 37.3 Å². The molecular weight excluding hydrogens is 602 g/mol. The highest BCUT2D eigenvalue weighted by Gasteiger charge is 2.39. The summed E-state index contributed by atoms with van der Waals surface area (Å²) in [4.78, 5) is 26.2. The number of anilines is 2. The van der Waals surface area contributed by atoms with E-state index in [0.29, 0.717) is 49.8 Å². The van der Waals surface area contributed by atoms with Gasteiger partial charge in [0.2, 0.25) is 6.29 Å². The highest BCUT2D eigenvalue weighted by Crippen LogP contribution is 2.42. The van der Waals surface area contributed by atoms with Gasteiger partial charge in [0.05, 0.1) is 44.1 Å². The molecule has 2 heterocycles. The first-order chi connectivity index (χ1) is 23.0. The maximum atomic E-state index is 13.5. The third-order valence-electron chi connectivity index (χ3n) is 7.89. The topological polar surface area (TPSA) is 155 Å². The second-order valence-corrected chi connectivity index (χ2v) is 11.0. The summed E-state index contributed by atoms with van der Waals surface area (Å²) in [6, 6.07) is 21.8. The van der Waals surface area contributed by atoms with Crippen LogP contribution in [0.25, 0.3) is 11.0 Å². The number of nitrogen functional groups attached to an aromatic ring is 1. The van der Waals surface area contributed by atoms with Gasteiger partial charge in [0.1, 0.15) is 5.58 Å². The van der Waals surface area contributed by atoms with Crippen molar-refractivity contribution < 1.29 is 38.1 Å². The molecule has 4 aromatic rings. The summed E-state index contributed by atoms with van der Waals surface area (Å²) in [5.41, 5.74) is 9.92. The van der Waals surface area contributed by atoms with Gasteiger partial charge < -0.3 is 44.8 Å². The van der Waals surface area contributed by atoms with E-state index in [1.54, 1.807) is 54.8 Å². The van der Waals surface area contributed by atoms with Gasteiger partial charge in [-0.25, -0.2) is 0 Å². The third-order valence-corrected chi connectivity index (χ3v) is 7.89. The number of fused-ring (bicyclic) bond motifs is 1. The maximum absolute atomic E-state index is 13.5. The van der Waals surface area contributed by atoms with Crippen LogP contribution < -0.4 is 16.4 Å². The highest BCUT2D eigenvalue weighted by atomic mass is 16.7. The number of carbonyl (C=O) groups is 2. The standard InChI is InChI=1S/C36H41N3O8/c1-2-45-36-27(15-17-43-19-20-44-18-16-40)28(29-23-46-32-10-6-3-7-26(29)32)21-33(47-36)35(42)38-22-24-11-13-25(14-12-24)34(41)39-31-9-5-4-8-30(31)37/h3-14,21,23,27-28,36,40H,2,15-20,22,37H2,1H3,(H,38,42)(H,39,41)/t27-,28-,36+/m0/s1. The summed E-state index contributed by atoms with van der Waals surface area (Å²) in [6.45, 7) is 3.93. The van der Waals surface area contributed by atoms with Gasteiger partial charge in [-0.15, -0.1) is 0 Å². The van der Waals surface area contributed by atoms with E-state index in [4.69, 9.17) is 34.2 Å². The van der Waals surface area contributed by atoms with Gasteiger partial charge in [-0.1, -0.05) is 42.5 Å². The first kappa shape index (κ1) is 33.7. The van der Waals surface area contributed by atoms with Gasteiger partial charge in [0.25, 0.3) is 11.8 Å². The van der Waals surface area contributed by atoms with Crippen molar-refractivity contribution in [3.63, 3.8) is 0 Å². The van der Waals surface area contributed by atoms with Crippen LogP contribution in [0.3, 0.4) is 0 Å². The molecule has 1 aliphatic heterocycles. The van der Waals surface area contributed by atoms with Gasteiger partial charge in [0.15, 0.2) is 5.76 Å². The number of nitrogens with two attached hydrogens (primary N) is 1. The second-order valence-electron chi connectivity index (χ2n) is 11.0. The number of aliphatic hydroxyl groups excluding tert-OH is 1. The van der Waals surface area contributed by atoms with Gasteiger partial charge >= 0.3 is 0 Å². The number of nitrogens with one attached hydrogen (secondary N) is 2. The molecule has 0 bridgehead atoms. The van der Waals surface area contributed by atoms with Gasteiger partial charge in [-0.3, -0.25) is 9.59 Å². The lowest BCUT2D eigenvalue weighted by atomic mass is 9.81. The molecule has 1 aromatic heterocycles. The molecule has 47 heavy (non-hydrogen) atoms. The number of ether oxygens (including phenoxy) is 4. The molecule has 0 fully saturated rings. The number of hydrogen-bond donors (Lipinski definition) is 4. The lowest BCUT2D eigenvalue weighted by Crippen LogP contribution is -2.39. The smallest absolute Gasteiger partial charge is 0.286 e. The second kappa shape index (κ2) is 16.8. The van der Waals surface area contributed by atoms with Crippen LogP contribution in [0.1, 0.15) is 40.7 Å². The molecule has 0 spiro atoms. The number of carbonyl (C=O) groups excluding carboxylic acids is 2. The van der Waals surface area contributed by atoms with Crippen LogP contribution >= 0.6 is 0 Å². The van der Waals surface area contributed by atoms with Crippen LogP contribution in [-0.4, -0.2) is 62.9 Å². The predicted octanol–water partition coefficient (Wildman–Crippen LogP) is 4.98. The Morgan fingerprint density at radius 2 is 1.66 bits per heavy atom. The molecule has 0 saturated heterocycles. The Kier molecular flexibility index (Phi) is 12.0. The lowest BCUT2D eigenvalue weighted by Gasteiger charge is -2.36. The molecule has 3 atom stereocenters. The molecule has 11 heteroatoms. The molecule has 1 aliphatic rings. The van der Waals surface area contributed by atoms with Gasteiger partial charge in [-0.2, -0.15) is 0 Å². The van der Waals surface area contributed by atoms with E-state index in [2.05, 4.69) is 10.6 Å². The Hall–Kier alpha value is -4.68. The van der Waals surface area contributed by atoms with Crippen LogP contribution in [-0.2, 0) is 30.3 Å². The number of benzene rings is 3. The maximum Gasteiger partial charge on any atom is 0.286 e. The minimum atomic E-state index is -0.699. The Balaban J connectivity index is 1.28. The Morgan fingerprint density at radius 1 is 0.915 bits per heavy atom. The summed E-state index contributed by atoms with van der Waals surface area (Å²) in [6.07, 6.45) is 3.46. The van der Waals surface area contributed by atoms with Crippen molar-refractivity contribution in [2.75, 3.05) is 50.7 Å². The molecule has 0 radical (unpaired) electrons. The van der Waals surface area contributed by atoms with E-state index in [9.17, 15) is 9.59 Å². The van der Waals surface area contributed by atoms with E-state index < -0.39 is 6.29 Å². The Morgan fingerprint density at radius 3 is 2.43 bits per heavy atom. The van der Waals surface area contributed by atoms with Crippen molar-refractivity contribution in [1.82, 2.24) is 5.32 Å². The molecule has 3 aromatic carbocycles. The van der Waals surface area contributed by atoms with Crippen molar-refractivity contribution in [2.45, 2.75) is 32.1 Å². The van der Waals surface area contributed by atoms with Crippen LogP contribution in [0.4, 0.5) is 11.4 Å². The third kappa shape index (κ3) is 8.78. The van der Waals surface area contributed by atoms with E-state index in [0.717, 1.165) is 22.1 Å². The summed E-state index contributed by atoms with van der Waals surface area (Å²) in [5, 5.41) is 15.6. The average Bonchev–Trinajstić information content (AvgIpc) is 3.52. The van der Waals surface area contributed by atoms with E-state index in [1.165, 1.54) is 0 Å². The zero-order valence-electron chi connectivity index (χ0n) is 26.4. The number of furan rings is 1. The summed E-state index contributed by atoms with van der Waals surface area (Å²) in [7, 11) is 0. The molecule has 5 N–H and O–H groups in total. The van der Waals surface area contributed by atoms with Crippen LogP contribution in [0.15, 0.2) is 95.3 Å². The average molecular weight is 644 g/mol. The minimum Gasteiger partial charge on any atom is -0.464 e. The molecule has 248 valence electrons. The molecule has 11 nitrogen and oxygen atoms in total. The van der Waals surface area contributed by atoms with Crippen molar-refractivity contribution in [2.24, 2.45) is 5.92 Å². The molecule has 0 saturated carbocycles. The van der Waals surface area contributed by atoms with E-state index in [-0.39, 0.29) is 49.2 Å². The van der Waals surface area contributed by atoms with Crippen molar-refractivity contribution in [1.29, 1.82) is 0 Å². The first-order valence-electron chi connectivity index (χ1n) is 15.7.